The molecule has 9 heteroatoms. The van der Waals surface area contributed by atoms with Crippen molar-refractivity contribution < 1.29 is 13.2 Å². The summed E-state index contributed by atoms with van der Waals surface area (Å²) in [6.07, 6.45) is 1.48. The fourth-order valence-electron chi connectivity index (χ4n) is 2.71. The number of aromatic nitrogens is 1. The average Bonchev–Trinajstić information content (AvgIpc) is 2.58. The number of primary sulfonamides is 1. The van der Waals surface area contributed by atoms with E-state index in [1.54, 1.807) is 21.9 Å². The van der Waals surface area contributed by atoms with Gasteiger partial charge in [0.1, 0.15) is 10.7 Å². The molecule has 1 aliphatic rings. The first kappa shape index (κ1) is 17.7. The van der Waals surface area contributed by atoms with Crippen LogP contribution in [0, 0.1) is 0 Å². The highest BCUT2D eigenvalue weighted by Crippen LogP contribution is 2.23. The van der Waals surface area contributed by atoms with Gasteiger partial charge < -0.3 is 9.80 Å². The number of carbonyl (C=O) groups is 1. The molecule has 1 aromatic carbocycles. The van der Waals surface area contributed by atoms with Gasteiger partial charge in [0.05, 0.1) is 6.54 Å². The summed E-state index contributed by atoms with van der Waals surface area (Å²) in [4.78, 5) is 19.8. The standard InChI is InChI=1S/C16H17ClN4O3S/c17-13-5-3-12(4-6-13)10-20-8-9-21(11-15(20)22)16-14(25(18,23)24)2-1-7-19-16/h1-7H,8-11H2,(H2,18,23,24). The maximum absolute atomic E-state index is 12.5. The van der Waals surface area contributed by atoms with Crippen LogP contribution in [0.25, 0.3) is 0 Å². The summed E-state index contributed by atoms with van der Waals surface area (Å²) in [5, 5.41) is 5.88. The Morgan fingerprint density at radius 3 is 2.52 bits per heavy atom. The third-order valence-electron chi connectivity index (χ3n) is 3.96. The number of anilines is 1. The second-order valence-electron chi connectivity index (χ2n) is 5.73. The van der Waals surface area contributed by atoms with Gasteiger partial charge in [-0.15, -0.1) is 0 Å². The fraction of sp³-hybridized carbons (Fsp3) is 0.250. The molecule has 0 bridgehead atoms. The van der Waals surface area contributed by atoms with Crippen molar-refractivity contribution in [2.45, 2.75) is 11.4 Å². The smallest absolute Gasteiger partial charge is 0.242 e. The van der Waals surface area contributed by atoms with Gasteiger partial charge in [0.25, 0.3) is 0 Å². The Balaban J connectivity index is 1.74. The third-order valence-corrected chi connectivity index (χ3v) is 5.15. The van der Waals surface area contributed by atoms with Crippen molar-refractivity contribution in [1.82, 2.24) is 9.88 Å². The fourth-order valence-corrected chi connectivity index (χ4v) is 3.54. The van der Waals surface area contributed by atoms with E-state index in [0.29, 0.717) is 24.7 Å². The van der Waals surface area contributed by atoms with E-state index in [-0.39, 0.29) is 23.2 Å². The number of pyridine rings is 1. The Hall–Kier alpha value is -2.16. The van der Waals surface area contributed by atoms with Gasteiger partial charge in [-0.05, 0) is 29.8 Å². The Kier molecular flexibility index (Phi) is 4.94. The van der Waals surface area contributed by atoms with E-state index < -0.39 is 10.0 Å². The van der Waals surface area contributed by atoms with E-state index in [0.717, 1.165) is 5.56 Å². The molecule has 1 amide bonds. The van der Waals surface area contributed by atoms with Crippen molar-refractivity contribution in [3.63, 3.8) is 0 Å². The topological polar surface area (TPSA) is 96.6 Å². The van der Waals surface area contributed by atoms with Crippen LogP contribution in [0.4, 0.5) is 5.82 Å². The third kappa shape index (κ3) is 4.09. The highest BCUT2D eigenvalue weighted by atomic mass is 35.5. The van der Waals surface area contributed by atoms with Crippen LogP contribution in [-0.4, -0.2) is 43.8 Å². The Labute approximate surface area is 151 Å². The van der Waals surface area contributed by atoms with Crippen LogP contribution >= 0.6 is 11.6 Å². The minimum absolute atomic E-state index is 0.0487. The lowest BCUT2D eigenvalue weighted by Gasteiger charge is -2.35. The average molecular weight is 381 g/mol. The molecule has 1 saturated heterocycles. The van der Waals surface area contributed by atoms with Crippen LogP contribution in [-0.2, 0) is 21.4 Å². The van der Waals surface area contributed by atoms with Crippen LogP contribution in [0.5, 0.6) is 0 Å². The summed E-state index contributed by atoms with van der Waals surface area (Å²) in [6, 6.07) is 10.2. The number of sulfonamides is 1. The number of halogens is 1. The highest BCUT2D eigenvalue weighted by molar-refractivity contribution is 7.89. The second kappa shape index (κ2) is 6.99. The number of rotatable bonds is 4. The molecule has 0 saturated carbocycles. The number of benzene rings is 1. The van der Waals surface area contributed by atoms with Gasteiger partial charge in [0.2, 0.25) is 15.9 Å². The van der Waals surface area contributed by atoms with Gasteiger partial charge in [-0.1, -0.05) is 23.7 Å². The molecular weight excluding hydrogens is 364 g/mol. The maximum atomic E-state index is 12.5. The first-order valence-electron chi connectivity index (χ1n) is 7.59. The predicted octanol–water partition coefficient (Wildman–Crippen LogP) is 1.23. The van der Waals surface area contributed by atoms with Crippen molar-refractivity contribution in [2.75, 3.05) is 24.5 Å². The van der Waals surface area contributed by atoms with E-state index in [1.165, 1.54) is 18.3 Å². The molecule has 0 aliphatic carbocycles. The van der Waals surface area contributed by atoms with Gasteiger partial charge in [0.15, 0.2) is 0 Å². The normalized spacial score (nSPS) is 15.5. The van der Waals surface area contributed by atoms with E-state index in [1.807, 2.05) is 12.1 Å². The molecule has 0 radical (unpaired) electrons. The molecular formula is C16H17ClN4O3S. The van der Waals surface area contributed by atoms with Crippen LogP contribution in [0.3, 0.4) is 0 Å². The number of hydrogen-bond donors (Lipinski definition) is 1. The van der Waals surface area contributed by atoms with Crippen LogP contribution in [0.2, 0.25) is 5.02 Å². The van der Waals surface area contributed by atoms with Gasteiger partial charge in [-0.3, -0.25) is 4.79 Å². The molecule has 0 atom stereocenters. The molecule has 7 nitrogen and oxygen atoms in total. The van der Waals surface area contributed by atoms with E-state index >= 15 is 0 Å². The zero-order chi connectivity index (χ0) is 18.0. The van der Waals surface area contributed by atoms with Crippen molar-refractivity contribution in [2.24, 2.45) is 5.14 Å². The minimum Gasteiger partial charge on any atom is -0.344 e. The van der Waals surface area contributed by atoms with Gasteiger partial charge >= 0.3 is 0 Å². The number of nitrogens with two attached hydrogens (primary N) is 1. The number of nitrogens with zero attached hydrogens (tertiary/aromatic N) is 3. The molecule has 132 valence electrons. The molecule has 25 heavy (non-hydrogen) atoms. The first-order valence-corrected chi connectivity index (χ1v) is 9.52. The van der Waals surface area contributed by atoms with Gasteiger partial charge in [-0.25, -0.2) is 18.5 Å². The molecule has 2 heterocycles. The van der Waals surface area contributed by atoms with Crippen molar-refractivity contribution >= 4 is 33.3 Å². The largest absolute Gasteiger partial charge is 0.344 e. The summed E-state index contributed by atoms with van der Waals surface area (Å²) in [6.45, 7) is 1.46. The summed E-state index contributed by atoms with van der Waals surface area (Å²) in [5.74, 6) is 0.108. The SMILES string of the molecule is NS(=O)(=O)c1cccnc1N1CCN(Cc2ccc(Cl)cc2)C(=O)C1. The summed E-state index contributed by atoms with van der Waals surface area (Å²) >= 11 is 5.87. The zero-order valence-electron chi connectivity index (χ0n) is 13.3. The van der Waals surface area contributed by atoms with E-state index in [9.17, 15) is 13.2 Å². The maximum Gasteiger partial charge on any atom is 0.242 e. The predicted molar refractivity (Wildman–Crippen MR) is 94.7 cm³/mol. The number of amides is 1. The second-order valence-corrected chi connectivity index (χ2v) is 7.70. The Morgan fingerprint density at radius 2 is 1.88 bits per heavy atom. The van der Waals surface area contributed by atoms with Crippen molar-refractivity contribution in [3.05, 3.63) is 53.2 Å². The lowest BCUT2D eigenvalue weighted by molar-refractivity contribution is -0.131. The quantitative estimate of drug-likeness (QED) is 0.860. The first-order chi connectivity index (χ1) is 11.8. The van der Waals surface area contributed by atoms with E-state index in [2.05, 4.69) is 4.98 Å². The Morgan fingerprint density at radius 1 is 1.16 bits per heavy atom. The molecule has 3 rings (SSSR count). The van der Waals surface area contributed by atoms with Crippen LogP contribution < -0.4 is 10.0 Å². The number of hydrogen-bond acceptors (Lipinski definition) is 5. The number of piperazine rings is 1. The zero-order valence-corrected chi connectivity index (χ0v) is 14.9. The Bertz CT molecular complexity index is 887. The van der Waals surface area contributed by atoms with Crippen LogP contribution in [0.1, 0.15) is 5.56 Å². The molecule has 1 aliphatic heterocycles. The van der Waals surface area contributed by atoms with Crippen molar-refractivity contribution in [3.8, 4) is 0 Å². The molecule has 1 fully saturated rings. The lowest BCUT2D eigenvalue weighted by Crippen LogP contribution is -2.50. The summed E-state index contributed by atoms with van der Waals surface area (Å²) < 4.78 is 23.4. The van der Waals surface area contributed by atoms with Gasteiger partial charge in [-0.2, -0.15) is 0 Å². The molecule has 0 spiro atoms. The van der Waals surface area contributed by atoms with Crippen molar-refractivity contribution in [1.29, 1.82) is 0 Å². The summed E-state index contributed by atoms with van der Waals surface area (Å²) in [7, 11) is -3.91. The summed E-state index contributed by atoms with van der Waals surface area (Å²) in [5.41, 5.74) is 0.981. The molecule has 2 aromatic rings. The van der Waals surface area contributed by atoms with Gasteiger partial charge in [0, 0.05) is 30.9 Å². The minimum atomic E-state index is -3.91. The lowest BCUT2D eigenvalue weighted by atomic mass is 10.2. The molecule has 2 N–H and O–H groups in total. The number of carbonyl (C=O) groups excluding carboxylic acids is 1. The monoisotopic (exact) mass is 380 g/mol. The highest BCUT2D eigenvalue weighted by Gasteiger charge is 2.28. The van der Waals surface area contributed by atoms with E-state index in [4.69, 9.17) is 16.7 Å². The van der Waals surface area contributed by atoms with Crippen LogP contribution in [0.15, 0.2) is 47.5 Å². The molecule has 0 unspecified atom stereocenters. The molecule has 1 aromatic heterocycles.